The molecular weight excluding hydrogens is 279 g/mol. The van der Waals surface area contributed by atoms with Crippen LogP contribution in [0.4, 0.5) is 0 Å². The fourth-order valence-corrected chi connectivity index (χ4v) is 3.47. The molecule has 0 saturated heterocycles. The van der Waals surface area contributed by atoms with E-state index in [1.165, 1.54) is 25.7 Å². The minimum atomic E-state index is 0.428. The Morgan fingerprint density at radius 3 is 2.47 bits per heavy atom. The molecule has 1 aromatic heterocycles. The van der Waals surface area contributed by atoms with Crippen LogP contribution in [-0.2, 0) is 5.88 Å². The van der Waals surface area contributed by atoms with Crippen molar-refractivity contribution in [3.05, 3.63) is 46.7 Å². The van der Waals surface area contributed by atoms with Crippen LogP contribution in [0.25, 0.3) is 5.69 Å². The van der Waals surface area contributed by atoms with Gasteiger partial charge in [0.1, 0.15) is 5.15 Å². The second-order valence-electron chi connectivity index (χ2n) is 5.02. The minimum absolute atomic E-state index is 0.428. The van der Waals surface area contributed by atoms with Crippen LogP contribution in [0, 0.1) is 0 Å². The summed E-state index contributed by atoms with van der Waals surface area (Å²) in [5, 5.41) is 5.39. The van der Waals surface area contributed by atoms with E-state index in [9.17, 15) is 0 Å². The van der Waals surface area contributed by atoms with Crippen LogP contribution < -0.4 is 0 Å². The van der Waals surface area contributed by atoms with E-state index in [2.05, 4.69) is 0 Å². The Kier molecular flexibility index (Phi) is 3.81. The molecule has 1 aliphatic carbocycles. The first-order valence-corrected chi connectivity index (χ1v) is 7.61. The highest BCUT2D eigenvalue weighted by Crippen LogP contribution is 2.38. The van der Waals surface area contributed by atoms with Gasteiger partial charge in [-0.25, -0.2) is 4.68 Å². The highest BCUT2D eigenvalue weighted by molar-refractivity contribution is 6.31. The predicted octanol–water partition coefficient (Wildman–Crippen LogP) is 4.92. The molecule has 1 saturated carbocycles. The third-order valence-corrected chi connectivity index (χ3v) is 4.48. The number of halogens is 2. The van der Waals surface area contributed by atoms with Gasteiger partial charge < -0.3 is 0 Å². The average molecular weight is 295 g/mol. The van der Waals surface area contributed by atoms with Crippen LogP contribution in [0.15, 0.2) is 30.3 Å². The Morgan fingerprint density at radius 2 is 1.84 bits per heavy atom. The first kappa shape index (κ1) is 13.0. The van der Waals surface area contributed by atoms with Gasteiger partial charge in [0.15, 0.2) is 0 Å². The molecule has 4 heteroatoms. The fourth-order valence-electron chi connectivity index (χ4n) is 2.84. The summed E-state index contributed by atoms with van der Waals surface area (Å²) < 4.78 is 1.81. The Hall–Kier alpha value is -0.990. The summed E-state index contributed by atoms with van der Waals surface area (Å²) in [5.74, 6) is 0.952. The van der Waals surface area contributed by atoms with Gasteiger partial charge in [-0.1, -0.05) is 42.6 Å². The molecule has 0 atom stereocenters. The average Bonchev–Trinajstić information content (AvgIpc) is 3.07. The van der Waals surface area contributed by atoms with E-state index < -0.39 is 0 Å². The molecule has 1 aromatic carbocycles. The lowest BCUT2D eigenvalue weighted by Crippen LogP contribution is -1.99. The van der Waals surface area contributed by atoms with Crippen LogP contribution in [0.5, 0.6) is 0 Å². The topological polar surface area (TPSA) is 17.8 Å². The molecule has 3 rings (SSSR count). The monoisotopic (exact) mass is 294 g/mol. The van der Waals surface area contributed by atoms with E-state index in [1.54, 1.807) is 0 Å². The Bertz CT molecular complexity index is 557. The lowest BCUT2D eigenvalue weighted by Gasteiger charge is -2.06. The SMILES string of the molecule is ClCc1c(C2CCCC2)nn(-c2ccccc2)c1Cl. The van der Waals surface area contributed by atoms with Gasteiger partial charge in [0.25, 0.3) is 0 Å². The van der Waals surface area contributed by atoms with Crippen molar-refractivity contribution in [2.45, 2.75) is 37.5 Å². The quantitative estimate of drug-likeness (QED) is 0.735. The molecular formula is C15H16Cl2N2. The molecule has 0 unspecified atom stereocenters. The maximum Gasteiger partial charge on any atom is 0.137 e. The van der Waals surface area contributed by atoms with Gasteiger partial charge in [-0.15, -0.1) is 11.6 Å². The normalized spacial score (nSPS) is 16.1. The molecule has 0 spiro atoms. The first-order chi connectivity index (χ1) is 9.31. The zero-order valence-electron chi connectivity index (χ0n) is 10.6. The largest absolute Gasteiger partial charge is 0.222 e. The number of para-hydroxylation sites is 1. The Morgan fingerprint density at radius 1 is 1.16 bits per heavy atom. The van der Waals surface area contributed by atoms with Crippen LogP contribution >= 0.6 is 23.2 Å². The van der Waals surface area contributed by atoms with Gasteiger partial charge in [0, 0.05) is 11.5 Å². The van der Waals surface area contributed by atoms with E-state index in [0.717, 1.165) is 16.9 Å². The number of aromatic nitrogens is 2. The van der Waals surface area contributed by atoms with Gasteiger partial charge in [-0.3, -0.25) is 0 Å². The molecule has 1 fully saturated rings. The molecule has 0 bridgehead atoms. The number of hydrogen-bond acceptors (Lipinski definition) is 1. The molecule has 1 aliphatic rings. The van der Waals surface area contributed by atoms with Crippen molar-refractivity contribution < 1.29 is 0 Å². The van der Waals surface area contributed by atoms with Crippen molar-refractivity contribution in [1.29, 1.82) is 0 Å². The fraction of sp³-hybridized carbons (Fsp3) is 0.400. The lowest BCUT2D eigenvalue weighted by molar-refractivity contribution is 0.675. The summed E-state index contributed by atoms with van der Waals surface area (Å²) in [6.07, 6.45) is 4.96. The molecule has 0 amide bonds. The van der Waals surface area contributed by atoms with E-state index in [1.807, 2.05) is 35.0 Å². The van der Waals surface area contributed by atoms with Crippen molar-refractivity contribution in [3.63, 3.8) is 0 Å². The van der Waals surface area contributed by atoms with E-state index in [4.69, 9.17) is 28.3 Å². The predicted molar refractivity (Wildman–Crippen MR) is 79.3 cm³/mol. The molecule has 19 heavy (non-hydrogen) atoms. The number of alkyl halides is 1. The molecule has 1 heterocycles. The number of hydrogen-bond donors (Lipinski definition) is 0. The summed E-state index contributed by atoms with van der Waals surface area (Å²) in [4.78, 5) is 0. The maximum atomic E-state index is 6.46. The summed E-state index contributed by atoms with van der Waals surface area (Å²) in [6.45, 7) is 0. The van der Waals surface area contributed by atoms with E-state index in [0.29, 0.717) is 17.0 Å². The smallest absolute Gasteiger partial charge is 0.137 e. The molecule has 2 aromatic rings. The van der Waals surface area contributed by atoms with Gasteiger partial charge >= 0.3 is 0 Å². The molecule has 0 N–H and O–H groups in total. The summed E-state index contributed by atoms with van der Waals surface area (Å²) in [6, 6.07) is 9.98. The lowest BCUT2D eigenvalue weighted by atomic mass is 10.0. The second-order valence-corrected chi connectivity index (χ2v) is 5.64. The van der Waals surface area contributed by atoms with Crippen molar-refractivity contribution in [2.24, 2.45) is 0 Å². The van der Waals surface area contributed by atoms with Crippen LogP contribution in [-0.4, -0.2) is 9.78 Å². The third-order valence-electron chi connectivity index (χ3n) is 3.83. The minimum Gasteiger partial charge on any atom is -0.222 e. The van der Waals surface area contributed by atoms with Gasteiger partial charge in [0.2, 0.25) is 0 Å². The summed E-state index contributed by atoms with van der Waals surface area (Å²) >= 11 is 12.5. The zero-order valence-corrected chi connectivity index (χ0v) is 12.2. The van der Waals surface area contributed by atoms with E-state index >= 15 is 0 Å². The molecule has 100 valence electrons. The van der Waals surface area contributed by atoms with Crippen molar-refractivity contribution in [3.8, 4) is 5.69 Å². The Balaban J connectivity index is 2.07. The second kappa shape index (κ2) is 5.56. The molecule has 2 nitrogen and oxygen atoms in total. The van der Waals surface area contributed by atoms with Crippen LogP contribution in [0.1, 0.15) is 42.9 Å². The van der Waals surface area contributed by atoms with Crippen LogP contribution in [0.3, 0.4) is 0 Å². The zero-order chi connectivity index (χ0) is 13.2. The first-order valence-electron chi connectivity index (χ1n) is 6.70. The van der Waals surface area contributed by atoms with Crippen molar-refractivity contribution in [1.82, 2.24) is 9.78 Å². The maximum absolute atomic E-state index is 6.46. The number of benzene rings is 1. The number of nitrogens with zero attached hydrogens (tertiary/aromatic N) is 2. The standard InChI is InChI=1S/C15H16Cl2N2/c16-10-13-14(11-6-4-5-7-11)18-19(15(13)17)12-8-2-1-3-9-12/h1-3,8-9,11H,4-7,10H2. The highest BCUT2D eigenvalue weighted by Gasteiger charge is 2.26. The molecule has 0 aliphatic heterocycles. The summed E-state index contributed by atoms with van der Waals surface area (Å²) in [5.41, 5.74) is 3.09. The van der Waals surface area contributed by atoms with Crippen molar-refractivity contribution >= 4 is 23.2 Å². The van der Waals surface area contributed by atoms with Crippen molar-refractivity contribution in [2.75, 3.05) is 0 Å². The third kappa shape index (κ3) is 2.39. The number of rotatable bonds is 3. The van der Waals surface area contributed by atoms with E-state index in [-0.39, 0.29) is 0 Å². The van der Waals surface area contributed by atoms with Gasteiger partial charge in [0.05, 0.1) is 17.3 Å². The van der Waals surface area contributed by atoms with Crippen LogP contribution in [0.2, 0.25) is 5.15 Å². The van der Waals surface area contributed by atoms with Gasteiger partial charge in [-0.05, 0) is 25.0 Å². The van der Waals surface area contributed by atoms with Gasteiger partial charge in [-0.2, -0.15) is 5.10 Å². The molecule has 0 radical (unpaired) electrons. The Labute approximate surface area is 123 Å². The highest BCUT2D eigenvalue weighted by atomic mass is 35.5. The summed E-state index contributed by atoms with van der Waals surface area (Å²) in [7, 11) is 0.